The zero-order valence-corrected chi connectivity index (χ0v) is 19.0. The molecule has 0 unspecified atom stereocenters. The van der Waals surface area contributed by atoms with Gasteiger partial charge in [-0.05, 0) is 6.42 Å². The average molecular weight is 427 g/mol. The zero-order valence-electron chi connectivity index (χ0n) is 18.1. The van der Waals surface area contributed by atoms with Crippen molar-refractivity contribution in [2.75, 3.05) is 20.4 Å². The van der Waals surface area contributed by atoms with Gasteiger partial charge in [-0.3, -0.25) is 9.36 Å². The van der Waals surface area contributed by atoms with E-state index in [1.54, 1.807) is 0 Å². The van der Waals surface area contributed by atoms with Crippen molar-refractivity contribution in [3.8, 4) is 0 Å². The first-order chi connectivity index (χ1) is 13.4. The molecule has 0 fully saturated rings. The highest BCUT2D eigenvalue weighted by Gasteiger charge is 2.36. The van der Waals surface area contributed by atoms with Gasteiger partial charge in [0, 0.05) is 20.6 Å². The van der Waals surface area contributed by atoms with Gasteiger partial charge in [0.1, 0.15) is 5.78 Å². The van der Waals surface area contributed by atoms with Crippen molar-refractivity contribution in [2.45, 2.75) is 103 Å². The van der Waals surface area contributed by atoms with Crippen LogP contribution in [0.2, 0.25) is 0 Å². The van der Waals surface area contributed by atoms with Gasteiger partial charge in [0.25, 0.3) is 0 Å². The normalized spacial score (nSPS) is 13.2. The third-order valence-corrected chi connectivity index (χ3v) is 7.17. The van der Waals surface area contributed by atoms with E-state index in [1.807, 2.05) is 0 Å². The Balaban J connectivity index is 3.77. The minimum atomic E-state index is -3.62. The van der Waals surface area contributed by atoms with Gasteiger partial charge in [0.05, 0.1) is 12.1 Å². The zero-order chi connectivity index (χ0) is 21.3. The van der Waals surface area contributed by atoms with Crippen LogP contribution in [0.5, 0.6) is 0 Å². The van der Waals surface area contributed by atoms with Crippen LogP contribution in [0.1, 0.15) is 96.8 Å². The summed E-state index contributed by atoms with van der Waals surface area (Å²) in [4.78, 5) is 12.1. The molecule has 1 atom stereocenters. The number of hydrogen-bond acceptors (Lipinski definition) is 4. The highest BCUT2D eigenvalue weighted by atomic mass is 31.2. The highest BCUT2D eigenvalue weighted by molar-refractivity contribution is 7.53. The smallest absolute Gasteiger partial charge is 0.312 e. The fraction of sp³-hybridized carbons (Fsp3) is 0.952. The van der Waals surface area contributed by atoms with Crippen LogP contribution < -0.4 is 0 Å². The molecule has 0 aromatic carbocycles. The SMILES string of the molecule is CCCCCCCCCCCCCCCC(=O)[C@@H](CP(=O)(OC)OC)C(F)F. The van der Waals surface area contributed by atoms with E-state index in [2.05, 4.69) is 16.0 Å². The van der Waals surface area contributed by atoms with Gasteiger partial charge in [-0.1, -0.05) is 84.0 Å². The monoisotopic (exact) mass is 426 g/mol. The molecule has 0 N–H and O–H groups in total. The number of Topliss-reactive ketones (excluding diaryl/α,β-unsaturated/α-hetero) is 1. The number of ketones is 1. The molecule has 0 aliphatic carbocycles. The van der Waals surface area contributed by atoms with E-state index in [9.17, 15) is 18.1 Å². The summed E-state index contributed by atoms with van der Waals surface area (Å²) in [6, 6.07) is 0. The maximum absolute atomic E-state index is 13.2. The molecule has 28 heavy (non-hydrogen) atoms. The van der Waals surface area contributed by atoms with E-state index >= 15 is 0 Å². The van der Waals surface area contributed by atoms with Crippen LogP contribution in [-0.4, -0.2) is 32.6 Å². The predicted molar refractivity (Wildman–Crippen MR) is 111 cm³/mol. The molecule has 0 aromatic rings. The summed E-state index contributed by atoms with van der Waals surface area (Å²) in [5.74, 6) is -2.13. The van der Waals surface area contributed by atoms with Crippen molar-refractivity contribution in [3.63, 3.8) is 0 Å². The highest BCUT2D eigenvalue weighted by Crippen LogP contribution is 2.49. The lowest BCUT2D eigenvalue weighted by Gasteiger charge is -2.20. The van der Waals surface area contributed by atoms with Crippen molar-refractivity contribution >= 4 is 13.4 Å². The maximum atomic E-state index is 13.2. The molecule has 4 nitrogen and oxygen atoms in total. The van der Waals surface area contributed by atoms with Crippen molar-refractivity contribution in [1.29, 1.82) is 0 Å². The maximum Gasteiger partial charge on any atom is 0.331 e. The van der Waals surface area contributed by atoms with Crippen LogP contribution in [0.4, 0.5) is 8.78 Å². The number of carbonyl (C=O) groups is 1. The second-order valence-electron chi connectivity index (χ2n) is 7.56. The summed E-state index contributed by atoms with van der Waals surface area (Å²) in [6.07, 6.45) is 12.1. The largest absolute Gasteiger partial charge is 0.331 e. The lowest BCUT2D eigenvalue weighted by atomic mass is 10.00. The molecule has 0 rings (SSSR count). The molecule has 0 aliphatic heterocycles. The third-order valence-electron chi connectivity index (χ3n) is 5.22. The van der Waals surface area contributed by atoms with Crippen LogP contribution in [-0.2, 0) is 18.4 Å². The Morgan fingerprint density at radius 3 is 1.54 bits per heavy atom. The fourth-order valence-corrected chi connectivity index (χ4v) is 4.58. The quantitative estimate of drug-likeness (QED) is 0.150. The molecule has 0 bridgehead atoms. The summed E-state index contributed by atoms with van der Waals surface area (Å²) in [5, 5.41) is 0. The van der Waals surface area contributed by atoms with E-state index in [0.29, 0.717) is 6.42 Å². The Labute approximate surface area is 170 Å². The van der Waals surface area contributed by atoms with E-state index < -0.39 is 31.9 Å². The summed E-state index contributed by atoms with van der Waals surface area (Å²) in [5.41, 5.74) is 0. The molecule has 0 saturated carbocycles. The third kappa shape index (κ3) is 13.8. The molecule has 0 amide bonds. The Morgan fingerprint density at radius 2 is 1.18 bits per heavy atom. The molecule has 0 aliphatic rings. The Morgan fingerprint density at radius 1 is 0.786 bits per heavy atom. The van der Waals surface area contributed by atoms with Crippen molar-refractivity contribution < 1.29 is 27.2 Å². The van der Waals surface area contributed by atoms with Gasteiger partial charge in [0.15, 0.2) is 0 Å². The fourth-order valence-electron chi connectivity index (χ4n) is 3.29. The van der Waals surface area contributed by atoms with Crippen LogP contribution in [0.3, 0.4) is 0 Å². The van der Waals surface area contributed by atoms with E-state index in [0.717, 1.165) is 33.5 Å². The Hall–Kier alpha value is -0.320. The van der Waals surface area contributed by atoms with Crippen molar-refractivity contribution in [1.82, 2.24) is 0 Å². The number of halogens is 2. The summed E-state index contributed by atoms with van der Waals surface area (Å²) in [7, 11) is -1.33. The molecule has 7 heteroatoms. The van der Waals surface area contributed by atoms with E-state index in [4.69, 9.17) is 0 Å². The first-order valence-electron chi connectivity index (χ1n) is 10.9. The van der Waals surface area contributed by atoms with Gasteiger partial charge in [-0.2, -0.15) is 0 Å². The van der Waals surface area contributed by atoms with Gasteiger partial charge < -0.3 is 9.05 Å². The number of rotatable bonds is 20. The second-order valence-corrected chi connectivity index (χ2v) is 9.88. The Bertz CT molecular complexity index is 425. The first-order valence-corrected chi connectivity index (χ1v) is 12.6. The molecule has 168 valence electrons. The summed E-state index contributed by atoms with van der Waals surface area (Å²) >= 11 is 0. The number of hydrogen-bond donors (Lipinski definition) is 0. The van der Waals surface area contributed by atoms with Crippen molar-refractivity contribution in [2.24, 2.45) is 5.92 Å². The summed E-state index contributed by atoms with van der Waals surface area (Å²) < 4.78 is 47.7. The minimum absolute atomic E-state index is 0.0974. The van der Waals surface area contributed by atoms with Crippen LogP contribution in [0, 0.1) is 5.92 Å². The standard InChI is InChI=1S/C21H41F2O4P/c1-4-5-6-7-8-9-10-11-12-13-14-15-16-17-20(24)19(21(22)23)18-28(25,26-2)27-3/h19,21H,4-18H2,1-3H3/t19-/m1/s1. The average Bonchev–Trinajstić information content (AvgIpc) is 2.69. The second kappa shape index (κ2) is 17.5. The Kier molecular flexibility index (Phi) is 17.3. The molecule has 0 spiro atoms. The van der Waals surface area contributed by atoms with Gasteiger partial charge in [0.2, 0.25) is 6.43 Å². The molecule has 0 saturated heterocycles. The number of carbonyl (C=O) groups excluding carboxylic acids is 1. The van der Waals surface area contributed by atoms with Gasteiger partial charge in [-0.25, -0.2) is 8.78 Å². The van der Waals surface area contributed by atoms with Crippen molar-refractivity contribution in [3.05, 3.63) is 0 Å². The summed E-state index contributed by atoms with van der Waals surface area (Å²) in [6.45, 7) is 2.23. The first kappa shape index (κ1) is 27.7. The lowest BCUT2D eigenvalue weighted by Crippen LogP contribution is -2.26. The van der Waals surface area contributed by atoms with Crippen LogP contribution in [0.15, 0.2) is 0 Å². The topological polar surface area (TPSA) is 52.6 Å². The molecule has 0 heterocycles. The molecular weight excluding hydrogens is 385 g/mol. The van der Waals surface area contributed by atoms with E-state index in [-0.39, 0.29) is 6.42 Å². The molecule has 0 radical (unpaired) electrons. The number of unbranched alkanes of at least 4 members (excludes halogenated alkanes) is 12. The minimum Gasteiger partial charge on any atom is -0.312 e. The molecule has 0 aromatic heterocycles. The lowest BCUT2D eigenvalue weighted by molar-refractivity contribution is -0.126. The molecular formula is C21H41F2O4P. The van der Waals surface area contributed by atoms with Gasteiger partial charge >= 0.3 is 7.60 Å². The van der Waals surface area contributed by atoms with Crippen LogP contribution >= 0.6 is 7.60 Å². The van der Waals surface area contributed by atoms with Crippen LogP contribution in [0.25, 0.3) is 0 Å². The predicted octanol–water partition coefficient (Wildman–Crippen LogP) is 7.40. The van der Waals surface area contributed by atoms with E-state index in [1.165, 1.54) is 57.8 Å². The number of alkyl halides is 2. The van der Waals surface area contributed by atoms with Gasteiger partial charge in [-0.15, -0.1) is 0 Å².